The zero-order valence-electron chi connectivity index (χ0n) is 15.0. The molecule has 142 valence electrons. The van der Waals surface area contributed by atoms with Crippen LogP contribution in [0.25, 0.3) is 0 Å². The number of hydrogen-bond acceptors (Lipinski definition) is 3. The number of ether oxygens (including phenoxy) is 2. The molecule has 0 N–H and O–H groups in total. The van der Waals surface area contributed by atoms with Gasteiger partial charge in [-0.15, -0.1) is 0 Å². The summed E-state index contributed by atoms with van der Waals surface area (Å²) in [5, 5.41) is 8.72. The largest absolute Gasteiger partial charge is 0.348 e. The molecule has 6 heteroatoms. The van der Waals surface area contributed by atoms with Gasteiger partial charge in [-0.2, -0.15) is 5.26 Å². The van der Waals surface area contributed by atoms with Crippen molar-refractivity contribution >= 4 is 0 Å². The molecule has 2 aromatic carbocycles. The topological polar surface area (TPSA) is 42.2 Å². The smallest absolute Gasteiger partial charge is 0.184 e. The Morgan fingerprint density at radius 2 is 1.68 bits per heavy atom. The zero-order chi connectivity index (χ0) is 20.1. The first kappa shape index (κ1) is 19.7. The lowest BCUT2D eigenvalue weighted by molar-refractivity contribution is -0.197. The molecule has 0 radical (unpaired) electrons. The number of nitrogens with zero attached hydrogens (tertiary/aromatic N) is 1. The summed E-state index contributed by atoms with van der Waals surface area (Å²) in [4.78, 5) is 0. The van der Waals surface area contributed by atoms with Crippen molar-refractivity contribution in [2.45, 2.75) is 13.2 Å². The second-order valence-electron chi connectivity index (χ2n) is 6.20. The highest BCUT2D eigenvalue weighted by atomic mass is 19.1. The van der Waals surface area contributed by atoms with Crippen LogP contribution < -0.4 is 0 Å². The number of benzene rings is 2. The van der Waals surface area contributed by atoms with E-state index in [2.05, 4.69) is 11.8 Å². The number of halogens is 3. The van der Waals surface area contributed by atoms with Gasteiger partial charge in [0.05, 0.1) is 24.3 Å². The summed E-state index contributed by atoms with van der Waals surface area (Å²) in [6, 6.07) is 7.63. The maximum atomic E-state index is 14.4. The highest BCUT2D eigenvalue weighted by Gasteiger charge is 2.24. The standard InChI is InChI=1S/C22H16F3NO2/c1-2-3-15-12-27-22(28-13-15)17-9-20(24)18(21(25)10-17)7-5-14-4-6-16(11-26)19(23)8-14/h2-4,6,8-10,15,22H,12-13H2,1H3. The Hall–Kier alpha value is -3.06. The van der Waals surface area contributed by atoms with Crippen LogP contribution in [0.1, 0.15) is 35.5 Å². The molecule has 1 saturated heterocycles. The predicted octanol–water partition coefficient (Wildman–Crippen LogP) is 4.61. The van der Waals surface area contributed by atoms with Gasteiger partial charge in [-0.25, -0.2) is 13.2 Å². The van der Waals surface area contributed by atoms with Gasteiger partial charge in [0.1, 0.15) is 23.5 Å². The Labute approximate surface area is 161 Å². The van der Waals surface area contributed by atoms with E-state index in [1.165, 1.54) is 12.1 Å². The third-order valence-electron chi connectivity index (χ3n) is 4.15. The molecule has 0 spiro atoms. The summed E-state index contributed by atoms with van der Waals surface area (Å²) in [7, 11) is 0. The van der Waals surface area contributed by atoms with Gasteiger partial charge in [0.25, 0.3) is 0 Å². The highest BCUT2D eigenvalue weighted by molar-refractivity contribution is 5.47. The molecule has 0 atom stereocenters. The van der Waals surface area contributed by atoms with Gasteiger partial charge >= 0.3 is 0 Å². The minimum Gasteiger partial charge on any atom is -0.348 e. The fraction of sp³-hybridized carbons (Fsp3) is 0.227. The molecule has 2 aromatic rings. The van der Waals surface area contributed by atoms with E-state index in [0.29, 0.717) is 13.2 Å². The molecule has 1 aliphatic heterocycles. The van der Waals surface area contributed by atoms with Crippen LogP contribution in [0.4, 0.5) is 13.2 Å². The van der Waals surface area contributed by atoms with Gasteiger partial charge in [0.2, 0.25) is 0 Å². The summed E-state index contributed by atoms with van der Waals surface area (Å²) >= 11 is 0. The average Bonchev–Trinajstić information content (AvgIpc) is 2.68. The molecule has 0 amide bonds. The van der Waals surface area contributed by atoms with Crippen LogP contribution in [0.3, 0.4) is 0 Å². The maximum absolute atomic E-state index is 14.4. The van der Waals surface area contributed by atoms with Crippen molar-refractivity contribution in [3.63, 3.8) is 0 Å². The van der Waals surface area contributed by atoms with Crippen LogP contribution in [0.5, 0.6) is 0 Å². The average molecular weight is 383 g/mol. The fourth-order valence-corrected chi connectivity index (χ4v) is 2.76. The summed E-state index contributed by atoms with van der Waals surface area (Å²) in [5.41, 5.74) is -0.134. The molecular formula is C22H16F3NO2. The molecule has 0 unspecified atom stereocenters. The zero-order valence-corrected chi connectivity index (χ0v) is 15.0. The Bertz CT molecular complexity index is 984. The van der Waals surface area contributed by atoms with Crippen molar-refractivity contribution in [1.82, 2.24) is 0 Å². The molecule has 0 bridgehead atoms. The van der Waals surface area contributed by atoms with E-state index >= 15 is 0 Å². The van der Waals surface area contributed by atoms with E-state index in [0.717, 1.165) is 18.2 Å². The van der Waals surface area contributed by atoms with Gasteiger partial charge < -0.3 is 9.47 Å². The van der Waals surface area contributed by atoms with E-state index in [9.17, 15) is 13.2 Å². The minimum absolute atomic E-state index is 0.105. The molecule has 1 fully saturated rings. The van der Waals surface area contributed by atoms with Gasteiger partial charge in [0.15, 0.2) is 6.29 Å². The lowest BCUT2D eigenvalue weighted by Gasteiger charge is -2.28. The maximum Gasteiger partial charge on any atom is 0.184 e. The van der Waals surface area contributed by atoms with E-state index < -0.39 is 29.3 Å². The van der Waals surface area contributed by atoms with E-state index in [4.69, 9.17) is 14.7 Å². The first-order chi connectivity index (χ1) is 13.5. The second kappa shape index (κ2) is 8.75. The third-order valence-corrected chi connectivity index (χ3v) is 4.15. The van der Waals surface area contributed by atoms with E-state index in [1.54, 1.807) is 6.07 Å². The van der Waals surface area contributed by atoms with Gasteiger partial charge in [0, 0.05) is 17.0 Å². The Balaban J connectivity index is 1.80. The Kier molecular flexibility index (Phi) is 6.16. The van der Waals surface area contributed by atoms with Crippen molar-refractivity contribution < 1.29 is 22.6 Å². The molecule has 0 aromatic heterocycles. The summed E-state index contributed by atoms with van der Waals surface area (Å²) in [5.74, 6) is 2.52. The number of nitriles is 1. The van der Waals surface area contributed by atoms with Crippen LogP contribution >= 0.6 is 0 Å². The van der Waals surface area contributed by atoms with Crippen LogP contribution in [-0.4, -0.2) is 13.2 Å². The Morgan fingerprint density at radius 3 is 2.25 bits per heavy atom. The van der Waals surface area contributed by atoms with Gasteiger partial charge in [-0.1, -0.05) is 24.0 Å². The van der Waals surface area contributed by atoms with Crippen molar-refractivity contribution in [3.8, 4) is 17.9 Å². The molecule has 1 aliphatic rings. The number of allylic oxidation sites excluding steroid dienone is 1. The third kappa shape index (κ3) is 4.43. The quantitative estimate of drug-likeness (QED) is 0.562. The van der Waals surface area contributed by atoms with E-state index in [-0.39, 0.29) is 22.6 Å². The molecule has 3 rings (SSSR count). The van der Waals surface area contributed by atoms with Crippen molar-refractivity contribution in [2.75, 3.05) is 13.2 Å². The molecule has 0 aliphatic carbocycles. The van der Waals surface area contributed by atoms with Crippen LogP contribution in [-0.2, 0) is 9.47 Å². The molecule has 1 heterocycles. The van der Waals surface area contributed by atoms with Crippen LogP contribution in [0, 0.1) is 46.5 Å². The molecule has 0 saturated carbocycles. The summed E-state index contributed by atoms with van der Waals surface area (Å²) < 4.78 is 53.4. The first-order valence-corrected chi connectivity index (χ1v) is 8.58. The number of rotatable bonds is 2. The minimum atomic E-state index is -0.862. The normalized spacial score (nSPS) is 19.1. The highest BCUT2D eigenvalue weighted by Crippen LogP contribution is 2.28. The summed E-state index contributed by atoms with van der Waals surface area (Å²) in [6.45, 7) is 2.68. The Morgan fingerprint density at radius 1 is 1.00 bits per heavy atom. The molecule has 3 nitrogen and oxygen atoms in total. The van der Waals surface area contributed by atoms with Crippen molar-refractivity contribution in [1.29, 1.82) is 5.26 Å². The lowest BCUT2D eigenvalue weighted by Crippen LogP contribution is -2.26. The SMILES string of the molecule is CC=CC1COC(c2cc(F)c(C#Cc3ccc(C#N)c(F)c3)c(F)c2)OC1. The van der Waals surface area contributed by atoms with Crippen molar-refractivity contribution in [3.05, 3.63) is 82.2 Å². The first-order valence-electron chi connectivity index (χ1n) is 8.58. The molecular weight excluding hydrogens is 367 g/mol. The van der Waals surface area contributed by atoms with E-state index in [1.807, 2.05) is 19.1 Å². The van der Waals surface area contributed by atoms with Crippen LogP contribution in [0.2, 0.25) is 0 Å². The van der Waals surface area contributed by atoms with Gasteiger partial charge in [-0.05, 0) is 37.3 Å². The van der Waals surface area contributed by atoms with Gasteiger partial charge in [-0.3, -0.25) is 0 Å². The lowest BCUT2D eigenvalue weighted by atomic mass is 10.1. The second-order valence-corrected chi connectivity index (χ2v) is 6.20. The number of hydrogen-bond donors (Lipinski definition) is 0. The fourth-order valence-electron chi connectivity index (χ4n) is 2.76. The predicted molar refractivity (Wildman–Crippen MR) is 96.4 cm³/mol. The van der Waals surface area contributed by atoms with Crippen LogP contribution in [0.15, 0.2) is 42.5 Å². The molecule has 28 heavy (non-hydrogen) atoms. The summed E-state index contributed by atoms with van der Waals surface area (Å²) in [6.07, 6.45) is 2.99. The van der Waals surface area contributed by atoms with Crippen molar-refractivity contribution in [2.24, 2.45) is 5.92 Å². The monoisotopic (exact) mass is 383 g/mol.